The fourth-order valence-corrected chi connectivity index (χ4v) is 1.34. The van der Waals surface area contributed by atoms with Crippen molar-refractivity contribution in [2.75, 3.05) is 6.54 Å². The quantitative estimate of drug-likeness (QED) is 0.828. The van der Waals surface area contributed by atoms with Gasteiger partial charge in [0.25, 0.3) is 0 Å². The van der Waals surface area contributed by atoms with Gasteiger partial charge in [0.1, 0.15) is 5.92 Å². The summed E-state index contributed by atoms with van der Waals surface area (Å²) in [6.07, 6.45) is -8.87. The highest BCUT2D eigenvalue weighted by Crippen LogP contribution is 2.39. The van der Waals surface area contributed by atoms with Gasteiger partial charge in [-0.25, -0.2) is 0 Å². The first-order valence-corrected chi connectivity index (χ1v) is 4.46. The van der Waals surface area contributed by atoms with Crippen molar-refractivity contribution in [2.45, 2.75) is 18.3 Å². The van der Waals surface area contributed by atoms with Gasteiger partial charge in [-0.2, -0.15) is 26.3 Å². The molecule has 0 spiro atoms. The van der Waals surface area contributed by atoms with Crippen LogP contribution in [0.1, 0.15) is 17.2 Å². The highest BCUT2D eigenvalue weighted by Gasteiger charge is 2.45. The average Bonchev–Trinajstić information content (AvgIpc) is 2.15. The van der Waals surface area contributed by atoms with E-state index in [-0.39, 0.29) is 0 Å². The third kappa shape index (κ3) is 3.09. The smallest absolute Gasteiger partial charge is 0.329 e. The second-order valence-electron chi connectivity index (χ2n) is 3.26. The molecule has 0 amide bonds. The zero-order valence-corrected chi connectivity index (χ0v) is 8.31. The summed E-state index contributed by atoms with van der Waals surface area (Å²) in [5.74, 6) is -2.42. The third-order valence-corrected chi connectivity index (χ3v) is 2.10. The lowest BCUT2D eigenvalue weighted by molar-refractivity contribution is -0.155. The molecule has 0 aliphatic carbocycles. The molecule has 0 saturated carbocycles. The Hall–Kier alpha value is -1.31. The highest BCUT2D eigenvalue weighted by molar-refractivity contribution is 5.27. The first-order chi connectivity index (χ1) is 7.68. The van der Waals surface area contributed by atoms with Crippen LogP contribution in [0.4, 0.5) is 26.3 Å². The number of nitrogens with two attached hydrogens (primary N) is 1. The van der Waals surface area contributed by atoms with Crippen LogP contribution in [0.5, 0.6) is 0 Å². The van der Waals surface area contributed by atoms with Gasteiger partial charge in [-0.1, -0.05) is 0 Å². The van der Waals surface area contributed by atoms with Crippen molar-refractivity contribution >= 4 is 0 Å². The van der Waals surface area contributed by atoms with E-state index in [4.69, 9.17) is 5.73 Å². The van der Waals surface area contributed by atoms with E-state index in [0.29, 0.717) is 6.07 Å². The van der Waals surface area contributed by atoms with Gasteiger partial charge >= 0.3 is 12.4 Å². The molecule has 1 rings (SSSR count). The van der Waals surface area contributed by atoms with Gasteiger partial charge in [-0.05, 0) is 12.1 Å². The second-order valence-corrected chi connectivity index (χ2v) is 3.26. The van der Waals surface area contributed by atoms with E-state index in [0.717, 1.165) is 12.3 Å². The molecule has 1 unspecified atom stereocenters. The summed E-state index contributed by atoms with van der Waals surface area (Å²) in [4.78, 5) is 3.16. The number of nitrogens with zero attached hydrogens (tertiary/aromatic N) is 1. The van der Waals surface area contributed by atoms with E-state index >= 15 is 0 Å². The summed E-state index contributed by atoms with van der Waals surface area (Å²) in [5, 5.41) is 0. The largest absolute Gasteiger partial charge is 0.418 e. The number of alkyl halides is 6. The Balaban J connectivity index is 3.30. The monoisotopic (exact) mass is 258 g/mol. The molecule has 2 nitrogen and oxygen atoms in total. The van der Waals surface area contributed by atoms with Crippen LogP contribution < -0.4 is 5.73 Å². The van der Waals surface area contributed by atoms with Crippen molar-refractivity contribution in [3.8, 4) is 0 Å². The van der Waals surface area contributed by atoms with Crippen molar-refractivity contribution in [1.82, 2.24) is 4.98 Å². The number of hydrogen-bond acceptors (Lipinski definition) is 2. The zero-order valence-electron chi connectivity index (χ0n) is 8.31. The molecule has 96 valence electrons. The molecule has 0 fully saturated rings. The topological polar surface area (TPSA) is 38.9 Å². The van der Waals surface area contributed by atoms with Crippen LogP contribution in [0.25, 0.3) is 0 Å². The van der Waals surface area contributed by atoms with Crippen molar-refractivity contribution in [3.63, 3.8) is 0 Å². The lowest BCUT2D eigenvalue weighted by Gasteiger charge is -2.21. The van der Waals surface area contributed by atoms with Crippen LogP contribution in [-0.4, -0.2) is 17.7 Å². The van der Waals surface area contributed by atoms with Crippen LogP contribution in [0.3, 0.4) is 0 Å². The molecule has 0 aliphatic rings. The highest BCUT2D eigenvalue weighted by atomic mass is 19.4. The Morgan fingerprint density at radius 3 is 2.18 bits per heavy atom. The summed E-state index contributed by atoms with van der Waals surface area (Å²) in [7, 11) is 0. The molecular formula is C9H8F6N2. The van der Waals surface area contributed by atoms with Gasteiger partial charge in [-0.3, -0.25) is 4.98 Å². The zero-order chi connectivity index (χ0) is 13.3. The maximum atomic E-state index is 12.5. The number of halogens is 6. The standard InChI is InChI=1S/C9H8F6N2/c10-8(11,12)5-2-1-3-17-7(5)6(4-16)9(13,14)15/h1-3,6H,4,16H2. The predicted molar refractivity (Wildman–Crippen MR) is 47.1 cm³/mol. The maximum Gasteiger partial charge on any atom is 0.418 e. The van der Waals surface area contributed by atoms with E-state index in [9.17, 15) is 26.3 Å². The summed E-state index contributed by atoms with van der Waals surface area (Å²) in [6, 6.07) is 1.48. The average molecular weight is 258 g/mol. The van der Waals surface area contributed by atoms with Crippen LogP contribution >= 0.6 is 0 Å². The minimum Gasteiger partial charge on any atom is -0.329 e. The van der Waals surface area contributed by atoms with Crippen molar-refractivity contribution in [1.29, 1.82) is 0 Å². The Bertz CT molecular complexity index is 384. The normalized spacial score (nSPS) is 14.8. The minimum absolute atomic E-state index is 0.552. The molecule has 1 atom stereocenters. The fraction of sp³-hybridized carbons (Fsp3) is 0.444. The van der Waals surface area contributed by atoms with Crippen LogP contribution in [0.2, 0.25) is 0 Å². The fourth-order valence-electron chi connectivity index (χ4n) is 1.34. The second kappa shape index (κ2) is 4.52. The van der Waals surface area contributed by atoms with Crippen molar-refractivity contribution in [2.24, 2.45) is 5.73 Å². The summed E-state index contributed by atoms with van der Waals surface area (Å²) in [6.45, 7) is -0.983. The molecule has 0 radical (unpaired) electrons. The molecule has 1 aromatic rings. The Morgan fingerprint density at radius 1 is 1.18 bits per heavy atom. The molecule has 0 bridgehead atoms. The number of pyridine rings is 1. The van der Waals surface area contributed by atoms with E-state index in [1.165, 1.54) is 0 Å². The number of rotatable bonds is 2. The van der Waals surface area contributed by atoms with E-state index in [1.54, 1.807) is 0 Å². The summed E-state index contributed by atoms with van der Waals surface area (Å²) in [5.41, 5.74) is 2.38. The minimum atomic E-state index is -4.89. The first-order valence-electron chi connectivity index (χ1n) is 4.46. The number of hydrogen-bond donors (Lipinski definition) is 1. The number of aromatic nitrogens is 1. The molecule has 8 heteroatoms. The Morgan fingerprint density at radius 2 is 1.76 bits per heavy atom. The van der Waals surface area contributed by atoms with Crippen molar-refractivity contribution in [3.05, 3.63) is 29.6 Å². The van der Waals surface area contributed by atoms with Crippen LogP contribution in [0, 0.1) is 0 Å². The SMILES string of the molecule is NCC(c1ncccc1C(F)(F)F)C(F)(F)F. The van der Waals surface area contributed by atoms with E-state index in [1.807, 2.05) is 0 Å². The summed E-state index contributed by atoms with van der Waals surface area (Å²) >= 11 is 0. The van der Waals surface area contributed by atoms with Gasteiger partial charge in [0.15, 0.2) is 0 Å². The van der Waals surface area contributed by atoms with Crippen LogP contribution in [-0.2, 0) is 6.18 Å². The molecule has 1 heterocycles. The van der Waals surface area contributed by atoms with Gasteiger partial charge < -0.3 is 5.73 Å². The predicted octanol–water partition coefficient (Wildman–Crippen LogP) is 2.71. The lowest BCUT2D eigenvalue weighted by atomic mass is 9.99. The van der Waals surface area contributed by atoms with Crippen molar-refractivity contribution < 1.29 is 26.3 Å². The molecule has 1 aromatic heterocycles. The van der Waals surface area contributed by atoms with Crippen LogP contribution in [0.15, 0.2) is 18.3 Å². The van der Waals surface area contributed by atoms with E-state index < -0.39 is 36.1 Å². The lowest BCUT2D eigenvalue weighted by Crippen LogP contribution is -2.31. The molecular weight excluding hydrogens is 250 g/mol. The Kier molecular flexibility index (Phi) is 3.65. The molecule has 17 heavy (non-hydrogen) atoms. The molecule has 2 N–H and O–H groups in total. The first kappa shape index (κ1) is 13.8. The maximum absolute atomic E-state index is 12.5. The molecule has 0 aromatic carbocycles. The molecule has 0 saturated heterocycles. The third-order valence-electron chi connectivity index (χ3n) is 2.10. The van der Waals surface area contributed by atoms with Gasteiger partial charge in [0, 0.05) is 12.7 Å². The Labute approximate surface area is 92.4 Å². The van der Waals surface area contributed by atoms with Gasteiger partial charge in [-0.15, -0.1) is 0 Å². The van der Waals surface area contributed by atoms with Gasteiger partial charge in [0.2, 0.25) is 0 Å². The van der Waals surface area contributed by atoms with E-state index in [2.05, 4.69) is 4.98 Å². The van der Waals surface area contributed by atoms with Gasteiger partial charge in [0.05, 0.1) is 11.3 Å². The summed E-state index contributed by atoms with van der Waals surface area (Å²) < 4.78 is 74.9. The molecule has 0 aliphatic heterocycles.